The number of nitrogens with one attached hydrogen (secondary N) is 1. The van der Waals surface area contributed by atoms with Crippen LogP contribution in [0.3, 0.4) is 0 Å². The minimum absolute atomic E-state index is 0.186. The van der Waals surface area contributed by atoms with E-state index < -0.39 is 5.82 Å². The van der Waals surface area contributed by atoms with E-state index in [-0.39, 0.29) is 18.4 Å². The maximum Gasteiger partial charge on any atom is 0.270 e. The van der Waals surface area contributed by atoms with E-state index >= 15 is 0 Å². The molecule has 1 aliphatic heterocycles. The molecule has 0 aliphatic carbocycles. The molecule has 3 aromatic rings. The van der Waals surface area contributed by atoms with Crippen LogP contribution in [0.2, 0.25) is 0 Å². The van der Waals surface area contributed by atoms with E-state index in [1.54, 1.807) is 24.3 Å². The lowest BCUT2D eigenvalue weighted by molar-refractivity contribution is -0.118. The number of para-hydroxylation sites is 1. The van der Waals surface area contributed by atoms with Gasteiger partial charge in [-0.25, -0.2) is 4.39 Å². The monoisotopic (exact) mass is 492 g/mol. The van der Waals surface area contributed by atoms with Gasteiger partial charge in [-0.2, -0.15) is 0 Å². The number of anilines is 2. The van der Waals surface area contributed by atoms with Gasteiger partial charge in [0.25, 0.3) is 11.8 Å². The average Bonchev–Trinajstić information content (AvgIpc) is 3.09. The molecule has 1 heterocycles. The molecule has 4 rings (SSSR count). The van der Waals surface area contributed by atoms with Crippen molar-refractivity contribution in [2.24, 2.45) is 0 Å². The van der Waals surface area contributed by atoms with Crippen LogP contribution in [-0.4, -0.2) is 22.7 Å². The molecule has 0 saturated carbocycles. The van der Waals surface area contributed by atoms with Crippen molar-refractivity contribution in [2.75, 3.05) is 16.8 Å². The Morgan fingerprint density at radius 1 is 1.09 bits per heavy atom. The van der Waals surface area contributed by atoms with Crippen molar-refractivity contribution < 1.29 is 18.7 Å². The number of nitrogens with zero attached hydrogens (tertiary/aromatic N) is 1. The number of hydrogen-bond donors (Lipinski definition) is 1. The maximum atomic E-state index is 13.3. The first-order chi connectivity index (χ1) is 16.3. The molecule has 0 bridgehead atoms. The van der Waals surface area contributed by atoms with Crippen LogP contribution in [0.4, 0.5) is 15.8 Å². The molecule has 1 N–H and O–H groups in total. The molecule has 172 valence electrons. The normalized spacial score (nSPS) is 14.6. The SMILES string of the molecule is Cc1ccc(NC(=O)COc2ccccc2/C=C2\SC(=S)N(c3ccc(F)cc3)C2=O)cc1C. The van der Waals surface area contributed by atoms with Crippen molar-refractivity contribution in [3.63, 3.8) is 0 Å². The Labute approximate surface area is 206 Å². The maximum absolute atomic E-state index is 13.3. The number of hydrogen-bond acceptors (Lipinski definition) is 5. The second kappa shape index (κ2) is 10.2. The van der Waals surface area contributed by atoms with Gasteiger partial charge in [-0.05, 0) is 73.5 Å². The van der Waals surface area contributed by atoms with Gasteiger partial charge in [-0.15, -0.1) is 0 Å². The van der Waals surface area contributed by atoms with Gasteiger partial charge in [0.2, 0.25) is 0 Å². The number of benzene rings is 3. The Morgan fingerprint density at radius 2 is 1.82 bits per heavy atom. The Kier molecular flexibility index (Phi) is 7.09. The lowest BCUT2D eigenvalue weighted by atomic mass is 10.1. The Hall–Kier alpha value is -3.49. The highest BCUT2D eigenvalue weighted by Gasteiger charge is 2.33. The number of carbonyl (C=O) groups is 2. The zero-order valence-corrected chi connectivity index (χ0v) is 20.1. The van der Waals surface area contributed by atoms with Gasteiger partial charge >= 0.3 is 0 Å². The quantitative estimate of drug-likeness (QED) is 0.345. The third-order valence-electron chi connectivity index (χ3n) is 5.23. The molecule has 34 heavy (non-hydrogen) atoms. The summed E-state index contributed by atoms with van der Waals surface area (Å²) in [5.74, 6) is -0.522. The molecule has 3 aromatic carbocycles. The Bertz CT molecular complexity index is 1310. The highest BCUT2D eigenvalue weighted by atomic mass is 32.2. The van der Waals surface area contributed by atoms with Gasteiger partial charge in [-0.1, -0.05) is 48.2 Å². The molecule has 0 radical (unpaired) electrons. The first-order valence-electron chi connectivity index (χ1n) is 10.4. The predicted octanol–water partition coefficient (Wildman–Crippen LogP) is 5.87. The number of rotatable bonds is 6. The fourth-order valence-corrected chi connectivity index (χ4v) is 4.60. The smallest absolute Gasteiger partial charge is 0.270 e. The summed E-state index contributed by atoms with van der Waals surface area (Å²) in [7, 11) is 0. The highest BCUT2D eigenvalue weighted by Crippen LogP contribution is 2.37. The Balaban J connectivity index is 1.47. The summed E-state index contributed by atoms with van der Waals surface area (Å²) in [6.07, 6.45) is 1.68. The minimum atomic E-state index is -0.391. The van der Waals surface area contributed by atoms with E-state index in [0.29, 0.717) is 31.9 Å². The van der Waals surface area contributed by atoms with Gasteiger partial charge in [0.1, 0.15) is 11.6 Å². The van der Waals surface area contributed by atoms with E-state index in [0.717, 1.165) is 22.9 Å². The molecular formula is C26H21FN2O3S2. The number of amides is 2. The molecule has 2 amide bonds. The van der Waals surface area contributed by atoms with Crippen LogP contribution < -0.4 is 15.0 Å². The molecule has 1 aliphatic rings. The topological polar surface area (TPSA) is 58.6 Å². The molecule has 0 spiro atoms. The third-order valence-corrected chi connectivity index (χ3v) is 6.54. The third kappa shape index (κ3) is 5.35. The van der Waals surface area contributed by atoms with Crippen LogP contribution in [0.5, 0.6) is 5.75 Å². The number of aryl methyl sites for hydroxylation is 2. The first-order valence-corrected chi connectivity index (χ1v) is 11.7. The van der Waals surface area contributed by atoms with Crippen LogP contribution in [-0.2, 0) is 9.59 Å². The molecular weight excluding hydrogens is 471 g/mol. The molecule has 5 nitrogen and oxygen atoms in total. The van der Waals surface area contributed by atoms with Gasteiger partial charge in [0.05, 0.1) is 10.6 Å². The average molecular weight is 493 g/mol. The second-order valence-electron chi connectivity index (χ2n) is 7.67. The zero-order valence-electron chi connectivity index (χ0n) is 18.5. The molecule has 8 heteroatoms. The van der Waals surface area contributed by atoms with Crippen LogP contribution in [0, 0.1) is 19.7 Å². The summed E-state index contributed by atoms with van der Waals surface area (Å²) in [5.41, 5.74) is 4.07. The summed E-state index contributed by atoms with van der Waals surface area (Å²) in [5, 5.41) is 2.83. The molecule has 1 saturated heterocycles. The van der Waals surface area contributed by atoms with Gasteiger partial charge in [-0.3, -0.25) is 14.5 Å². The zero-order chi connectivity index (χ0) is 24.2. The summed E-state index contributed by atoms with van der Waals surface area (Å²) in [6, 6.07) is 18.4. The molecule has 0 atom stereocenters. The molecule has 0 aromatic heterocycles. The van der Waals surface area contributed by atoms with E-state index in [1.807, 2.05) is 38.1 Å². The van der Waals surface area contributed by atoms with Crippen LogP contribution in [0.15, 0.2) is 71.6 Å². The first kappa shape index (κ1) is 23.7. The highest BCUT2D eigenvalue weighted by molar-refractivity contribution is 8.27. The summed E-state index contributed by atoms with van der Waals surface area (Å²) in [4.78, 5) is 27.2. The van der Waals surface area contributed by atoms with E-state index in [9.17, 15) is 14.0 Å². The lowest BCUT2D eigenvalue weighted by Gasteiger charge is -2.14. The van der Waals surface area contributed by atoms with Gasteiger partial charge < -0.3 is 10.1 Å². The van der Waals surface area contributed by atoms with Gasteiger partial charge in [0, 0.05) is 11.3 Å². The van der Waals surface area contributed by atoms with Crippen molar-refractivity contribution in [2.45, 2.75) is 13.8 Å². The van der Waals surface area contributed by atoms with Crippen molar-refractivity contribution in [3.8, 4) is 5.75 Å². The fourth-order valence-electron chi connectivity index (χ4n) is 3.31. The molecule has 0 unspecified atom stereocenters. The number of ether oxygens (including phenoxy) is 1. The summed E-state index contributed by atoms with van der Waals surface area (Å²) >= 11 is 6.53. The number of thioether (sulfide) groups is 1. The Morgan fingerprint density at radius 3 is 2.56 bits per heavy atom. The van der Waals surface area contributed by atoms with E-state index in [1.165, 1.54) is 29.2 Å². The minimum Gasteiger partial charge on any atom is -0.483 e. The second-order valence-corrected chi connectivity index (χ2v) is 9.34. The van der Waals surface area contributed by atoms with Crippen molar-refractivity contribution in [1.29, 1.82) is 0 Å². The fraction of sp³-hybridized carbons (Fsp3) is 0.115. The number of halogens is 1. The summed E-state index contributed by atoms with van der Waals surface area (Å²) in [6.45, 7) is 3.80. The van der Waals surface area contributed by atoms with E-state index in [4.69, 9.17) is 17.0 Å². The lowest BCUT2D eigenvalue weighted by Crippen LogP contribution is -2.27. The summed E-state index contributed by atoms with van der Waals surface area (Å²) < 4.78 is 19.4. The van der Waals surface area contributed by atoms with E-state index in [2.05, 4.69) is 5.32 Å². The predicted molar refractivity (Wildman–Crippen MR) is 139 cm³/mol. The number of carbonyl (C=O) groups excluding carboxylic acids is 2. The van der Waals surface area contributed by atoms with Crippen LogP contribution >= 0.6 is 24.0 Å². The van der Waals surface area contributed by atoms with Crippen LogP contribution in [0.25, 0.3) is 6.08 Å². The van der Waals surface area contributed by atoms with Crippen molar-refractivity contribution in [3.05, 3.63) is 94.1 Å². The van der Waals surface area contributed by atoms with Gasteiger partial charge in [0.15, 0.2) is 10.9 Å². The molecule has 1 fully saturated rings. The van der Waals surface area contributed by atoms with Crippen molar-refractivity contribution >= 4 is 57.6 Å². The standard InChI is InChI=1S/C26H21FN2O3S2/c1-16-7-10-20(13-17(16)2)28-24(30)15-32-22-6-4-3-5-18(22)14-23-25(31)29(26(33)34-23)21-11-8-19(27)9-12-21/h3-14H,15H2,1-2H3,(H,28,30)/b23-14-. The van der Waals surface area contributed by atoms with Crippen molar-refractivity contribution in [1.82, 2.24) is 0 Å². The number of thiocarbonyl (C=S) groups is 1. The largest absolute Gasteiger partial charge is 0.483 e. The van der Waals surface area contributed by atoms with Crippen LogP contribution in [0.1, 0.15) is 16.7 Å².